The van der Waals surface area contributed by atoms with Crippen LogP contribution in [-0.4, -0.2) is 4.98 Å². The zero-order valence-corrected chi connectivity index (χ0v) is 18.3. The van der Waals surface area contributed by atoms with Gasteiger partial charge in [0, 0.05) is 25.5 Å². The molecule has 1 aromatic heterocycles. The summed E-state index contributed by atoms with van der Waals surface area (Å²) in [5, 5.41) is 13.6. The van der Waals surface area contributed by atoms with Crippen LogP contribution >= 0.6 is 62.1 Å². The first-order chi connectivity index (χ1) is 13.0. The summed E-state index contributed by atoms with van der Waals surface area (Å²) in [6.45, 7) is 0. The molecule has 1 heterocycles. The van der Waals surface area contributed by atoms with E-state index >= 15 is 0 Å². The van der Waals surface area contributed by atoms with Crippen molar-refractivity contribution in [3.63, 3.8) is 0 Å². The van der Waals surface area contributed by atoms with E-state index in [2.05, 4.69) is 27.0 Å². The maximum Gasteiger partial charge on any atom is 0.134 e. The van der Waals surface area contributed by atoms with Crippen molar-refractivity contribution in [1.82, 2.24) is 4.98 Å². The van der Waals surface area contributed by atoms with Gasteiger partial charge in [-0.3, -0.25) is 0 Å². The van der Waals surface area contributed by atoms with Crippen LogP contribution in [0.3, 0.4) is 0 Å². The third kappa shape index (κ3) is 5.01. The van der Waals surface area contributed by atoms with Crippen LogP contribution in [-0.2, 0) is 0 Å². The van der Waals surface area contributed by atoms with E-state index in [1.54, 1.807) is 24.3 Å². The molecule has 134 valence electrons. The molecule has 0 amide bonds. The highest BCUT2D eigenvalue weighted by molar-refractivity contribution is 9.10. The number of allylic oxidation sites excluding steroid dienone is 3. The minimum absolute atomic E-state index is 0.423. The Bertz CT molecular complexity index is 1080. The highest BCUT2D eigenvalue weighted by atomic mass is 79.9. The molecule has 0 saturated heterocycles. The Balaban J connectivity index is 1.89. The third-order valence-corrected chi connectivity index (χ3v) is 5.87. The van der Waals surface area contributed by atoms with Gasteiger partial charge in [0.2, 0.25) is 0 Å². The van der Waals surface area contributed by atoms with Gasteiger partial charge in [-0.15, -0.1) is 11.3 Å². The number of hydrogen-bond acceptors (Lipinski definition) is 3. The molecule has 2 aromatic carbocycles. The van der Waals surface area contributed by atoms with E-state index in [-0.39, 0.29) is 0 Å². The zero-order valence-electron chi connectivity index (χ0n) is 13.6. The van der Waals surface area contributed by atoms with Gasteiger partial charge < -0.3 is 0 Å². The Morgan fingerprint density at radius 2 is 1.85 bits per heavy atom. The van der Waals surface area contributed by atoms with E-state index in [1.165, 1.54) is 11.3 Å². The fourth-order valence-electron chi connectivity index (χ4n) is 2.24. The second-order valence-electron chi connectivity index (χ2n) is 5.38. The number of benzene rings is 2. The number of nitriles is 1. The molecule has 0 bridgehead atoms. The second-order valence-corrected chi connectivity index (χ2v) is 8.40. The second kappa shape index (κ2) is 9.05. The monoisotopic (exact) mass is 494 g/mol. The van der Waals surface area contributed by atoms with Crippen LogP contribution in [0.25, 0.3) is 21.9 Å². The summed E-state index contributed by atoms with van der Waals surface area (Å²) in [5.41, 5.74) is 2.75. The first kappa shape index (κ1) is 20.1. The van der Waals surface area contributed by atoms with Crippen LogP contribution in [0.4, 0.5) is 0 Å². The Kier molecular flexibility index (Phi) is 6.75. The van der Waals surface area contributed by atoms with Gasteiger partial charge in [0.15, 0.2) is 0 Å². The van der Waals surface area contributed by atoms with E-state index < -0.39 is 0 Å². The summed E-state index contributed by atoms with van der Waals surface area (Å²) in [4.78, 5) is 4.53. The number of hydrogen-bond donors (Lipinski definition) is 0. The van der Waals surface area contributed by atoms with Crippen LogP contribution in [0.2, 0.25) is 10.0 Å². The SMILES string of the molecule is N#C/C(=C/C=C(\Cl)c1ccc(Br)cc1)c1nc(-c2ccc(Cl)cc2Cl)cs1. The van der Waals surface area contributed by atoms with Crippen molar-refractivity contribution >= 4 is 72.7 Å². The molecule has 3 aromatic rings. The number of rotatable bonds is 4. The number of nitrogens with zero attached hydrogens (tertiary/aromatic N) is 2. The summed E-state index contributed by atoms with van der Waals surface area (Å²) in [6, 6.07) is 15.0. The fourth-order valence-corrected chi connectivity index (χ4v) is 3.99. The minimum Gasteiger partial charge on any atom is -0.235 e. The van der Waals surface area contributed by atoms with Gasteiger partial charge in [-0.05, 0) is 48.0 Å². The molecule has 7 heteroatoms. The highest BCUT2D eigenvalue weighted by Crippen LogP contribution is 2.32. The van der Waals surface area contributed by atoms with Gasteiger partial charge >= 0.3 is 0 Å². The fraction of sp³-hybridized carbons (Fsp3) is 0. The van der Waals surface area contributed by atoms with Gasteiger partial charge in [-0.25, -0.2) is 4.98 Å². The van der Waals surface area contributed by atoms with Crippen LogP contribution in [0.5, 0.6) is 0 Å². The van der Waals surface area contributed by atoms with Crippen molar-refractivity contribution in [3.05, 3.63) is 85.1 Å². The van der Waals surface area contributed by atoms with Crippen molar-refractivity contribution in [2.45, 2.75) is 0 Å². The molecule has 0 aliphatic carbocycles. The smallest absolute Gasteiger partial charge is 0.134 e. The molecule has 0 radical (unpaired) electrons. The Morgan fingerprint density at radius 1 is 1.11 bits per heavy atom. The molecule has 3 rings (SSSR count). The standard InChI is InChI=1S/C20H10BrCl3N2S/c21-14-4-1-12(2-5-14)17(23)8-3-13(10-25)20-26-19(11-27-20)16-7-6-15(22)9-18(16)24/h1-9,11H/b13-3-,17-8-. The summed E-state index contributed by atoms with van der Waals surface area (Å²) in [6.07, 6.45) is 3.36. The van der Waals surface area contributed by atoms with E-state index in [9.17, 15) is 5.26 Å². The van der Waals surface area contributed by atoms with Gasteiger partial charge in [0.25, 0.3) is 0 Å². The Morgan fingerprint density at radius 3 is 2.52 bits per heavy atom. The van der Waals surface area contributed by atoms with Gasteiger partial charge in [0.1, 0.15) is 11.1 Å². The molecule has 0 aliphatic rings. The topological polar surface area (TPSA) is 36.7 Å². The molecular formula is C20H10BrCl3N2S. The van der Waals surface area contributed by atoms with Gasteiger partial charge in [0.05, 0.1) is 16.3 Å². The van der Waals surface area contributed by atoms with Crippen molar-refractivity contribution in [2.24, 2.45) is 0 Å². The average Bonchev–Trinajstić information content (AvgIpc) is 3.12. The van der Waals surface area contributed by atoms with Crippen LogP contribution < -0.4 is 0 Å². The predicted molar refractivity (Wildman–Crippen MR) is 119 cm³/mol. The molecule has 0 spiro atoms. The number of halogens is 4. The third-order valence-electron chi connectivity index (χ3n) is 3.58. The first-order valence-corrected chi connectivity index (χ1v) is 10.4. The van der Waals surface area contributed by atoms with Crippen LogP contribution in [0, 0.1) is 11.3 Å². The molecule has 27 heavy (non-hydrogen) atoms. The summed E-state index contributed by atoms with van der Waals surface area (Å²) < 4.78 is 0.972. The highest BCUT2D eigenvalue weighted by Gasteiger charge is 2.11. The maximum atomic E-state index is 9.50. The van der Waals surface area contributed by atoms with Gasteiger partial charge in [-0.2, -0.15) is 5.26 Å². The molecule has 0 aliphatic heterocycles. The molecule has 0 N–H and O–H groups in total. The average molecular weight is 497 g/mol. The van der Waals surface area contributed by atoms with Crippen LogP contribution in [0.15, 0.2) is 64.5 Å². The summed E-state index contributed by atoms with van der Waals surface area (Å²) in [7, 11) is 0. The van der Waals surface area contributed by atoms with E-state index in [4.69, 9.17) is 34.8 Å². The van der Waals surface area contributed by atoms with Crippen molar-refractivity contribution in [2.75, 3.05) is 0 Å². The lowest BCUT2D eigenvalue weighted by atomic mass is 10.1. The molecule has 0 fully saturated rings. The lowest BCUT2D eigenvalue weighted by Gasteiger charge is -2.00. The normalized spacial score (nSPS) is 12.1. The summed E-state index contributed by atoms with van der Waals surface area (Å²) in [5.74, 6) is 0. The van der Waals surface area contributed by atoms with Crippen LogP contribution in [0.1, 0.15) is 10.6 Å². The van der Waals surface area contributed by atoms with E-state index in [0.717, 1.165) is 15.6 Å². The number of aromatic nitrogens is 1. The quantitative estimate of drug-likeness (QED) is 0.270. The Hall–Kier alpha value is -1.61. The zero-order chi connectivity index (χ0) is 19.4. The lowest BCUT2D eigenvalue weighted by molar-refractivity contribution is 1.37. The number of thiazole rings is 1. The lowest BCUT2D eigenvalue weighted by Crippen LogP contribution is -1.83. The van der Waals surface area contributed by atoms with E-state index in [0.29, 0.717) is 31.4 Å². The molecular weight excluding hydrogens is 487 g/mol. The van der Waals surface area contributed by atoms with E-state index in [1.807, 2.05) is 35.7 Å². The van der Waals surface area contributed by atoms with Gasteiger partial charge in [-0.1, -0.05) is 62.9 Å². The molecule has 2 nitrogen and oxygen atoms in total. The van der Waals surface area contributed by atoms with Crippen molar-refractivity contribution < 1.29 is 0 Å². The predicted octanol–water partition coefficient (Wildman–Crippen LogP) is 8.07. The van der Waals surface area contributed by atoms with Crippen molar-refractivity contribution in [3.8, 4) is 17.3 Å². The summed E-state index contributed by atoms with van der Waals surface area (Å²) >= 11 is 23.3. The molecule has 0 atom stereocenters. The molecule has 0 unspecified atom stereocenters. The largest absolute Gasteiger partial charge is 0.235 e. The van der Waals surface area contributed by atoms with Crippen molar-refractivity contribution in [1.29, 1.82) is 5.26 Å². The first-order valence-electron chi connectivity index (χ1n) is 7.63. The minimum atomic E-state index is 0.423. The maximum absolute atomic E-state index is 9.50. The Labute approximate surface area is 184 Å². The molecule has 0 saturated carbocycles.